The van der Waals surface area contributed by atoms with Crippen molar-refractivity contribution in [1.82, 2.24) is 9.97 Å². The Balaban J connectivity index is 1.73. The maximum absolute atomic E-state index is 11.9. The number of aromatic nitrogens is 2. The number of hydrogen-bond donors (Lipinski definition) is 3. The van der Waals surface area contributed by atoms with Crippen LogP contribution in [-0.4, -0.2) is 15.9 Å². The summed E-state index contributed by atoms with van der Waals surface area (Å²) >= 11 is 5.88. The number of imidazole rings is 1. The van der Waals surface area contributed by atoms with Gasteiger partial charge in [-0.3, -0.25) is 4.79 Å². The van der Waals surface area contributed by atoms with Crippen molar-refractivity contribution in [2.45, 2.75) is 0 Å². The first-order valence-electron chi connectivity index (χ1n) is 6.57. The van der Waals surface area contributed by atoms with E-state index >= 15 is 0 Å². The topological polar surface area (TPSA) is 77.8 Å². The third kappa shape index (κ3) is 3.27. The van der Waals surface area contributed by atoms with E-state index in [1.165, 1.54) is 6.08 Å². The lowest BCUT2D eigenvalue weighted by atomic mass is 10.2. The van der Waals surface area contributed by atoms with Gasteiger partial charge in [0.25, 0.3) is 0 Å². The average molecular weight is 314 g/mol. The number of anilines is 1. The molecule has 0 fully saturated rings. The molecule has 0 radical (unpaired) electrons. The lowest BCUT2D eigenvalue weighted by Crippen LogP contribution is -2.07. The molecule has 22 heavy (non-hydrogen) atoms. The van der Waals surface area contributed by atoms with Crippen LogP contribution in [0.3, 0.4) is 0 Å². The van der Waals surface area contributed by atoms with Gasteiger partial charge in [-0.25, -0.2) is 4.79 Å². The Hall–Kier alpha value is -2.79. The molecule has 1 aromatic heterocycles. The Kier molecular flexibility index (Phi) is 3.80. The molecule has 0 spiro atoms. The highest BCUT2D eigenvalue weighted by Crippen LogP contribution is 2.15. The molecule has 0 unspecified atom stereocenters. The van der Waals surface area contributed by atoms with E-state index in [4.69, 9.17) is 11.6 Å². The smallest absolute Gasteiger partial charge is 0.322 e. The van der Waals surface area contributed by atoms with Gasteiger partial charge in [0.2, 0.25) is 5.91 Å². The summed E-state index contributed by atoms with van der Waals surface area (Å²) in [6, 6.07) is 12.3. The normalized spacial score (nSPS) is 11.1. The maximum Gasteiger partial charge on any atom is 0.323 e. The first-order valence-corrected chi connectivity index (χ1v) is 6.95. The number of H-pyrrole nitrogens is 2. The number of amides is 1. The monoisotopic (exact) mass is 313 g/mol. The predicted molar refractivity (Wildman–Crippen MR) is 88.0 cm³/mol. The summed E-state index contributed by atoms with van der Waals surface area (Å²) in [5.74, 6) is -0.266. The van der Waals surface area contributed by atoms with Crippen LogP contribution in [0.2, 0.25) is 5.02 Å². The van der Waals surface area contributed by atoms with E-state index in [1.54, 1.807) is 36.4 Å². The number of fused-ring (bicyclic) bond motifs is 1. The summed E-state index contributed by atoms with van der Waals surface area (Å²) in [5.41, 5.74) is 2.50. The summed E-state index contributed by atoms with van der Waals surface area (Å²) in [6.45, 7) is 0. The molecule has 0 aliphatic rings. The first-order chi connectivity index (χ1) is 10.6. The van der Waals surface area contributed by atoms with Gasteiger partial charge in [-0.05, 0) is 42.0 Å². The van der Waals surface area contributed by atoms with Crippen molar-refractivity contribution in [3.8, 4) is 0 Å². The van der Waals surface area contributed by atoms with Crippen molar-refractivity contribution in [2.75, 3.05) is 5.32 Å². The minimum absolute atomic E-state index is 0.266. The van der Waals surface area contributed by atoms with Crippen LogP contribution < -0.4 is 11.0 Å². The number of carbonyl (C=O) groups excluding carboxylic acids is 1. The number of benzene rings is 2. The number of hydrogen-bond acceptors (Lipinski definition) is 2. The van der Waals surface area contributed by atoms with Crippen LogP contribution in [0.15, 0.2) is 53.3 Å². The van der Waals surface area contributed by atoms with Gasteiger partial charge in [0.15, 0.2) is 0 Å². The Bertz CT molecular complexity index is 924. The molecule has 3 aromatic rings. The minimum Gasteiger partial charge on any atom is -0.322 e. The van der Waals surface area contributed by atoms with Gasteiger partial charge >= 0.3 is 5.69 Å². The molecular formula is C16H12ClN3O2. The standard InChI is InChI=1S/C16H12ClN3O2/c17-11-3-1-2-10(8-11)4-7-15(21)18-12-5-6-13-14(9-12)20-16(22)19-13/h1-9H,(H,18,21)(H2,19,20,22)/b7-4+. The van der Waals surface area contributed by atoms with E-state index in [2.05, 4.69) is 15.3 Å². The molecule has 0 atom stereocenters. The number of rotatable bonds is 3. The van der Waals surface area contributed by atoms with Crippen molar-refractivity contribution in [2.24, 2.45) is 0 Å². The van der Waals surface area contributed by atoms with Crippen molar-refractivity contribution in [1.29, 1.82) is 0 Å². The molecular weight excluding hydrogens is 302 g/mol. The Morgan fingerprint density at radius 1 is 1.09 bits per heavy atom. The van der Waals surface area contributed by atoms with Crippen LogP contribution in [0.5, 0.6) is 0 Å². The van der Waals surface area contributed by atoms with Gasteiger partial charge in [0.05, 0.1) is 11.0 Å². The fourth-order valence-corrected chi connectivity index (χ4v) is 2.28. The highest BCUT2D eigenvalue weighted by Gasteiger charge is 2.02. The fraction of sp³-hybridized carbons (Fsp3) is 0. The van der Waals surface area contributed by atoms with Crippen LogP contribution >= 0.6 is 11.6 Å². The molecule has 0 saturated heterocycles. The average Bonchev–Trinajstić information content (AvgIpc) is 2.84. The van der Waals surface area contributed by atoms with E-state index in [1.807, 2.05) is 12.1 Å². The second-order valence-corrected chi connectivity index (χ2v) is 5.15. The van der Waals surface area contributed by atoms with Gasteiger partial charge in [0.1, 0.15) is 0 Å². The summed E-state index contributed by atoms with van der Waals surface area (Å²) < 4.78 is 0. The molecule has 110 valence electrons. The molecule has 1 amide bonds. The largest absolute Gasteiger partial charge is 0.323 e. The molecule has 3 N–H and O–H groups in total. The van der Waals surface area contributed by atoms with Crippen molar-refractivity contribution in [3.05, 3.63) is 69.6 Å². The molecule has 2 aromatic carbocycles. The number of halogens is 1. The Morgan fingerprint density at radius 3 is 2.73 bits per heavy atom. The van der Waals surface area contributed by atoms with Crippen molar-refractivity contribution >= 4 is 40.3 Å². The Labute approximate surface area is 130 Å². The second-order valence-electron chi connectivity index (χ2n) is 4.72. The third-order valence-corrected chi connectivity index (χ3v) is 3.29. The van der Waals surface area contributed by atoms with Crippen LogP contribution in [0.25, 0.3) is 17.1 Å². The van der Waals surface area contributed by atoms with E-state index in [9.17, 15) is 9.59 Å². The minimum atomic E-state index is -0.278. The van der Waals surface area contributed by atoms with Crippen molar-refractivity contribution < 1.29 is 4.79 Å². The molecule has 0 aliphatic carbocycles. The van der Waals surface area contributed by atoms with Gasteiger partial charge in [-0.2, -0.15) is 0 Å². The van der Waals surface area contributed by atoms with Crippen LogP contribution in [-0.2, 0) is 4.79 Å². The zero-order chi connectivity index (χ0) is 15.5. The highest BCUT2D eigenvalue weighted by atomic mass is 35.5. The first kappa shape index (κ1) is 14.2. The number of aromatic amines is 2. The highest BCUT2D eigenvalue weighted by molar-refractivity contribution is 6.30. The summed E-state index contributed by atoms with van der Waals surface area (Å²) in [6.07, 6.45) is 3.10. The van der Waals surface area contributed by atoms with E-state index < -0.39 is 0 Å². The quantitative estimate of drug-likeness (QED) is 0.649. The van der Waals surface area contributed by atoms with E-state index in [-0.39, 0.29) is 11.6 Å². The van der Waals surface area contributed by atoms with Gasteiger partial charge in [-0.15, -0.1) is 0 Å². The molecule has 6 heteroatoms. The number of carbonyl (C=O) groups is 1. The van der Waals surface area contributed by atoms with Gasteiger partial charge in [-0.1, -0.05) is 23.7 Å². The van der Waals surface area contributed by atoms with Crippen molar-refractivity contribution in [3.63, 3.8) is 0 Å². The SMILES string of the molecule is O=C(/C=C/c1cccc(Cl)c1)Nc1ccc2[nH]c(=O)[nH]c2c1. The molecule has 3 rings (SSSR count). The lowest BCUT2D eigenvalue weighted by molar-refractivity contribution is -0.111. The van der Waals surface area contributed by atoms with Gasteiger partial charge < -0.3 is 15.3 Å². The molecule has 1 heterocycles. The number of nitrogens with one attached hydrogen (secondary N) is 3. The fourth-order valence-electron chi connectivity index (χ4n) is 2.08. The summed E-state index contributed by atoms with van der Waals surface area (Å²) in [7, 11) is 0. The maximum atomic E-state index is 11.9. The Morgan fingerprint density at radius 2 is 1.91 bits per heavy atom. The second kappa shape index (κ2) is 5.91. The zero-order valence-electron chi connectivity index (χ0n) is 11.4. The van der Waals surface area contributed by atoms with Gasteiger partial charge in [0, 0.05) is 16.8 Å². The summed E-state index contributed by atoms with van der Waals surface area (Å²) in [5, 5.41) is 3.35. The van der Waals surface area contributed by atoms with Crippen LogP contribution in [0.4, 0.5) is 5.69 Å². The molecule has 0 saturated carbocycles. The van der Waals surface area contributed by atoms with E-state index in [0.29, 0.717) is 21.7 Å². The summed E-state index contributed by atoms with van der Waals surface area (Å²) in [4.78, 5) is 28.4. The lowest BCUT2D eigenvalue weighted by Gasteiger charge is -2.02. The molecule has 0 aliphatic heterocycles. The molecule has 0 bridgehead atoms. The molecule has 5 nitrogen and oxygen atoms in total. The van der Waals surface area contributed by atoms with Crippen LogP contribution in [0, 0.1) is 0 Å². The van der Waals surface area contributed by atoms with Crippen LogP contribution in [0.1, 0.15) is 5.56 Å². The zero-order valence-corrected chi connectivity index (χ0v) is 12.1. The van der Waals surface area contributed by atoms with E-state index in [0.717, 1.165) is 5.56 Å². The third-order valence-electron chi connectivity index (χ3n) is 3.06. The predicted octanol–water partition coefficient (Wildman–Crippen LogP) is 3.16.